The van der Waals surface area contributed by atoms with Crippen LogP contribution in [0.3, 0.4) is 0 Å². The molecule has 0 saturated heterocycles. The van der Waals surface area contributed by atoms with E-state index >= 15 is 0 Å². The summed E-state index contributed by atoms with van der Waals surface area (Å²) in [7, 11) is -3.65. The average Bonchev–Trinajstić information content (AvgIpc) is 3.17. The van der Waals surface area contributed by atoms with Crippen molar-refractivity contribution in [1.29, 1.82) is 0 Å². The van der Waals surface area contributed by atoms with Gasteiger partial charge in [-0.3, -0.25) is 4.79 Å². The minimum atomic E-state index is -3.65. The Balaban J connectivity index is 1.79. The number of halogens is 1. The maximum absolute atomic E-state index is 12.8. The molecule has 1 N–H and O–H groups in total. The molecule has 0 aliphatic carbocycles. The van der Waals surface area contributed by atoms with Crippen LogP contribution in [0, 0.1) is 0 Å². The zero-order chi connectivity index (χ0) is 21.7. The maximum atomic E-state index is 12.8. The number of carbonyl (C=O) groups is 1. The van der Waals surface area contributed by atoms with Crippen LogP contribution in [0.2, 0.25) is 5.02 Å². The molecule has 3 rings (SSSR count). The van der Waals surface area contributed by atoms with Crippen LogP contribution in [0.5, 0.6) is 0 Å². The van der Waals surface area contributed by atoms with E-state index in [4.69, 9.17) is 11.6 Å². The molecular weight excluding hydrogens is 424 g/mol. The SMILES string of the molecule is CCN(CC)S(=O)(=O)c1cccc(C(=O)Nc2ccnn2Cc2ccc(Cl)cc2)c1. The summed E-state index contributed by atoms with van der Waals surface area (Å²) < 4.78 is 28.5. The van der Waals surface area contributed by atoms with Gasteiger partial charge in [0.05, 0.1) is 17.6 Å². The Hall–Kier alpha value is -2.68. The fourth-order valence-electron chi connectivity index (χ4n) is 3.03. The lowest BCUT2D eigenvalue weighted by Crippen LogP contribution is -2.30. The zero-order valence-corrected chi connectivity index (χ0v) is 18.3. The van der Waals surface area contributed by atoms with Crippen molar-refractivity contribution in [1.82, 2.24) is 14.1 Å². The number of hydrogen-bond donors (Lipinski definition) is 1. The molecule has 0 bridgehead atoms. The van der Waals surface area contributed by atoms with E-state index in [-0.39, 0.29) is 10.5 Å². The fourth-order valence-corrected chi connectivity index (χ4v) is 4.66. The Kier molecular flexibility index (Phi) is 6.91. The molecule has 30 heavy (non-hydrogen) atoms. The lowest BCUT2D eigenvalue weighted by Gasteiger charge is -2.18. The number of nitrogens with zero attached hydrogens (tertiary/aromatic N) is 3. The van der Waals surface area contributed by atoms with E-state index in [1.807, 2.05) is 12.1 Å². The summed E-state index contributed by atoms with van der Waals surface area (Å²) in [6, 6.07) is 15.1. The van der Waals surface area contributed by atoms with Gasteiger partial charge in [0, 0.05) is 29.7 Å². The highest BCUT2D eigenvalue weighted by molar-refractivity contribution is 7.89. The van der Waals surface area contributed by atoms with Gasteiger partial charge < -0.3 is 5.32 Å². The van der Waals surface area contributed by atoms with Gasteiger partial charge in [-0.05, 0) is 35.9 Å². The summed E-state index contributed by atoms with van der Waals surface area (Å²) in [4.78, 5) is 12.9. The first-order valence-electron chi connectivity index (χ1n) is 9.53. The Bertz CT molecular complexity index is 1120. The van der Waals surface area contributed by atoms with Crippen molar-refractivity contribution in [2.75, 3.05) is 18.4 Å². The molecule has 1 heterocycles. The van der Waals surface area contributed by atoms with Crippen LogP contribution in [0.25, 0.3) is 0 Å². The number of nitrogens with one attached hydrogen (secondary N) is 1. The Morgan fingerprint density at radius 3 is 2.47 bits per heavy atom. The van der Waals surface area contributed by atoms with Gasteiger partial charge >= 0.3 is 0 Å². The van der Waals surface area contributed by atoms with Crippen LogP contribution in [0.15, 0.2) is 65.7 Å². The summed E-state index contributed by atoms with van der Waals surface area (Å²) in [5, 5.41) is 7.70. The number of hydrogen-bond acceptors (Lipinski definition) is 4. The lowest BCUT2D eigenvalue weighted by molar-refractivity contribution is 0.102. The third-order valence-corrected chi connectivity index (χ3v) is 6.94. The normalized spacial score (nSPS) is 11.6. The number of amides is 1. The van der Waals surface area contributed by atoms with Gasteiger partial charge in [0.2, 0.25) is 10.0 Å². The number of sulfonamides is 1. The highest BCUT2D eigenvalue weighted by atomic mass is 35.5. The molecule has 7 nitrogen and oxygen atoms in total. The van der Waals surface area contributed by atoms with Crippen LogP contribution < -0.4 is 5.32 Å². The second-order valence-electron chi connectivity index (χ2n) is 6.57. The van der Waals surface area contributed by atoms with Crippen molar-refractivity contribution in [3.8, 4) is 0 Å². The molecule has 0 fully saturated rings. The monoisotopic (exact) mass is 446 g/mol. The van der Waals surface area contributed by atoms with E-state index < -0.39 is 15.9 Å². The largest absolute Gasteiger partial charge is 0.307 e. The molecule has 9 heteroatoms. The zero-order valence-electron chi connectivity index (χ0n) is 16.7. The second kappa shape index (κ2) is 9.42. The summed E-state index contributed by atoms with van der Waals surface area (Å²) in [5.41, 5.74) is 1.23. The second-order valence-corrected chi connectivity index (χ2v) is 8.95. The topological polar surface area (TPSA) is 84.3 Å². The molecule has 0 atom stereocenters. The standard InChI is InChI=1S/C21H23ClN4O3S/c1-3-25(4-2)30(28,29)19-7-5-6-17(14-19)21(27)24-20-12-13-23-26(20)15-16-8-10-18(22)11-9-16/h5-14H,3-4,15H2,1-2H3,(H,24,27). The molecular formula is C21H23ClN4O3S. The van der Waals surface area contributed by atoms with Gasteiger partial charge in [-0.25, -0.2) is 13.1 Å². The first-order chi connectivity index (χ1) is 14.3. The van der Waals surface area contributed by atoms with Gasteiger partial charge in [-0.2, -0.15) is 9.40 Å². The molecule has 1 amide bonds. The van der Waals surface area contributed by atoms with Crippen LogP contribution in [0.1, 0.15) is 29.8 Å². The van der Waals surface area contributed by atoms with E-state index in [0.29, 0.717) is 30.5 Å². The maximum Gasteiger partial charge on any atom is 0.256 e. The molecule has 0 saturated carbocycles. The first kappa shape index (κ1) is 22.0. The number of carbonyl (C=O) groups excluding carboxylic acids is 1. The van der Waals surface area contributed by atoms with E-state index in [0.717, 1.165) is 5.56 Å². The summed E-state index contributed by atoms with van der Waals surface area (Å²) in [6.07, 6.45) is 1.59. The lowest BCUT2D eigenvalue weighted by atomic mass is 10.2. The summed E-state index contributed by atoms with van der Waals surface area (Å²) >= 11 is 5.92. The van der Waals surface area contributed by atoms with Crippen LogP contribution in [-0.4, -0.2) is 41.5 Å². The van der Waals surface area contributed by atoms with Gasteiger partial charge in [0.15, 0.2) is 0 Å². The summed E-state index contributed by atoms with van der Waals surface area (Å²) in [5.74, 6) is 0.0939. The van der Waals surface area contributed by atoms with Crippen LogP contribution >= 0.6 is 11.6 Å². The molecule has 1 aromatic heterocycles. The molecule has 0 spiro atoms. The van der Waals surface area contributed by atoms with Crippen LogP contribution in [0.4, 0.5) is 5.82 Å². The third kappa shape index (κ3) is 4.89. The molecule has 3 aromatic rings. The van der Waals surface area contributed by atoms with Crippen molar-refractivity contribution in [3.63, 3.8) is 0 Å². The van der Waals surface area contributed by atoms with Crippen molar-refractivity contribution in [2.45, 2.75) is 25.3 Å². The van der Waals surface area contributed by atoms with Gasteiger partial charge in [-0.1, -0.05) is 43.6 Å². The van der Waals surface area contributed by atoms with Gasteiger partial charge in [-0.15, -0.1) is 0 Å². The van der Waals surface area contributed by atoms with Crippen molar-refractivity contribution >= 4 is 33.3 Å². The van der Waals surface area contributed by atoms with E-state index in [9.17, 15) is 13.2 Å². The predicted molar refractivity (Wildman–Crippen MR) is 117 cm³/mol. The summed E-state index contributed by atoms with van der Waals surface area (Å²) in [6.45, 7) is 4.73. The average molecular weight is 447 g/mol. The van der Waals surface area contributed by atoms with E-state index in [2.05, 4.69) is 10.4 Å². The number of rotatable bonds is 8. The first-order valence-corrected chi connectivity index (χ1v) is 11.3. The third-order valence-electron chi connectivity index (χ3n) is 4.64. The quantitative estimate of drug-likeness (QED) is 0.569. The Labute approximate surface area is 181 Å². The van der Waals surface area contributed by atoms with Crippen molar-refractivity contribution in [3.05, 3.63) is 76.9 Å². The Morgan fingerprint density at radius 1 is 1.10 bits per heavy atom. The van der Waals surface area contributed by atoms with Gasteiger partial charge in [0.1, 0.15) is 5.82 Å². The number of benzene rings is 2. The smallest absolute Gasteiger partial charge is 0.256 e. The number of anilines is 1. The number of aromatic nitrogens is 2. The molecule has 2 aromatic carbocycles. The Morgan fingerprint density at radius 2 is 1.80 bits per heavy atom. The molecule has 0 aliphatic heterocycles. The predicted octanol–water partition coefficient (Wildman–Crippen LogP) is 3.87. The molecule has 158 valence electrons. The molecule has 0 unspecified atom stereocenters. The van der Waals surface area contributed by atoms with E-state index in [1.165, 1.54) is 16.4 Å². The molecule has 0 radical (unpaired) electrons. The van der Waals surface area contributed by atoms with Crippen molar-refractivity contribution in [2.24, 2.45) is 0 Å². The minimum Gasteiger partial charge on any atom is -0.307 e. The highest BCUT2D eigenvalue weighted by Gasteiger charge is 2.22. The van der Waals surface area contributed by atoms with Crippen molar-refractivity contribution < 1.29 is 13.2 Å². The minimum absolute atomic E-state index is 0.0912. The van der Waals surface area contributed by atoms with E-state index in [1.54, 1.807) is 55.1 Å². The molecule has 0 aliphatic rings. The van der Waals surface area contributed by atoms with Crippen LogP contribution in [-0.2, 0) is 16.6 Å². The highest BCUT2D eigenvalue weighted by Crippen LogP contribution is 2.19. The van der Waals surface area contributed by atoms with Gasteiger partial charge in [0.25, 0.3) is 5.91 Å². The fraction of sp³-hybridized carbons (Fsp3) is 0.238.